The lowest BCUT2D eigenvalue weighted by Gasteiger charge is -2.23. The zero-order chi connectivity index (χ0) is 10.8. The van der Waals surface area contributed by atoms with E-state index in [1.807, 2.05) is 0 Å². The SMILES string of the molecule is CCCCC1=NCC(C)=C1C(C)(C)C. The van der Waals surface area contributed by atoms with Gasteiger partial charge in [0.2, 0.25) is 0 Å². The number of nitrogens with zero attached hydrogens (tertiary/aromatic N) is 1. The average molecular weight is 193 g/mol. The van der Waals surface area contributed by atoms with Crippen molar-refractivity contribution >= 4 is 5.71 Å². The van der Waals surface area contributed by atoms with Crippen molar-refractivity contribution in [2.24, 2.45) is 10.4 Å². The van der Waals surface area contributed by atoms with Crippen LogP contribution >= 0.6 is 0 Å². The van der Waals surface area contributed by atoms with Gasteiger partial charge in [-0.25, -0.2) is 0 Å². The van der Waals surface area contributed by atoms with Crippen LogP contribution in [0.3, 0.4) is 0 Å². The van der Waals surface area contributed by atoms with Crippen molar-refractivity contribution in [2.75, 3.05) is 6.54 Å². The van der Waals surface area contributed by atoms with Crippen LogP contribution < -0.4 is 0 Å². The molecule has 1 heteroatoms. The van der Waals surface area contributed by atoms with Gasteiger partial charge in [0.1, 0.15) is 0 Å². The van der Waals surface area contributed by atoms with Crippen LogP contribution in [0, 0.1) is 5.41 Å². The molecule has 0 radical (unpaired) electrons. The summed E-state index contributed by atoms with van der Waals surface area (Å²) in [5.74, 6) is 0. The molecule has 0 fully saturated rings. The van der Waals surface area contributed by atoms with Crippen molar-refractivity contribution in [3.8, 4) is 0 Å². The minimum Gasteiger partial charge on any atom is -0.285 e. The molecule has 0 saturated carbocycles. The van der Waals surface area contributed by atoms with Crippen molar-refractivity contribution in [1.29, 1.82) is 0 Å². The van der Waals surface area contributed by atoms with Gasteiger partial charge in [-0.3, -0.25) is 4.99 Å². The molecule has 0 saturated heterocycles. The molecule has 0 spiro atoms. The topological polar surface area (TPSA) is 12.4 Å². The first kappa shape index (κ1) is 11.5. The Morgan fingerprint density at radius 1 is 1.29 bits per heavy atom. The molecule has 14 heavy (non-hydrogen) atoms. The summed E-state index contributed by atoms with van der Waals surface area (Å²) in [6.45, 7) is 12.3. The fraction of sp³-hybridized carbons (Fsp3) is 0.769. The first-order valence-corrected chi connectivity index (χ1v) is 5.70. The van der Waals surface area contributed by atoms with Gasteiger partial charge in [0, 0.05) is 5.71 Å². The molecular weight excluding hydrogens is 170 g/mol. The molecule has 0 aliphatic carbocycles. The predicted octanol–water partition coefficient (Wildman–Crippen LogP) is 3.99. The highest BCUT2D eigenvalue weighted by Gasteiger charge is 2.26. The van der Waals surface area contributed by atoms with E-state index < -0.39 is 0 Å². The van der Waals surface area contributed by atoms with Crippen molar-refractivity contribution in [2.45, 2.75) is 53.9 Å². The zero-order valence-electron chi connectivity index (χ0n) is 10.3. The van der Waals surface area contributed by atoms with Crippen molar-refractivity contribution in [3.63, 3.8) is 0 Å². The number of allylic oxidation sites excluding steroid dienone is 1. The van der Waals surface area contributed by atoms with E-state index in [2.05, 4.69) is 39.6 Å². The monoisotopic (exact) mass is 193 g/mol. The molecule has 1 nitrogen and oxygen atoms in total. The first-order chi connectivity index (χ1) is 6.46. The highest BCUT2D eigenvalue weighted by molar-refractivity contribution is 6.03. The normalized spacial score (nSPS) is 17.6. The van der Waals surface area contributed by atoms with E-state index in [0.717, 1.165) is 6.54 Å². The third kappa shape index (κ3) is 2.46. The lowest BCUT2D eigenvalue weighted by molar-refractivity contribution is 0.519. The van der Waals surface area contributed by atoms with Gasteiger partial charge in [0.15, 0.2) is 0 Å². The molecule has 0 atom stereocenters. The molecule has 1 rings (SSSR count). The molecule has 0 unspecified atom stereocenters. The van der Waals surface area contributed by atoms with E-state index in [4.69, 9.17) is 0 Å². The number of rotatable bonds is 3. The Morgan fingerprint density at radius 2 is 1.93 bits per heavy atom. The van der Waals surface area contributed by atoms with Gasteiger partial charge >= 0.3 is 0 Å². The lowest BCUT2D eigenvalue weighted by atomic mass is 9.81. The largest absolute Gasteiger partial charge is 0.285 e. The standard InChI is InChI=1S/C13H23N/c1-6-7-8-11-12(13(3,4)5)10(2)9-14-11/h6-9H2,1-5H3. The number of unbranched alkanes of at least 4 members (excludes halogenated alkanes) is 1. The van der Waals surface area contributed by atoms with Crippen molar-refractivity contribution in [3.05, 3.63) is 11.1 Å². The van der Waals surface area contributed by atoms with Crippen molar-refractivity contribution < 1.29 is 0 Å². The third-order valence-corrected chi connectivity index (χ3v) is 2.74. The Balaban J connectivity index is 2.79. The van der Waals surface area contributed by atoms with Gasteiger partial charge in [-0.2, -0.15) is 0 Å². The first-order valence-electron chi connectivity index (χ1n) is 5.70. The summed E-state index contributed by atoms with van der Waals surface area (Å²) < 4.78 is 0. The Kier molecular flexibility index (Phi) is 3.52. The van der Waals surface area contributed by atoms with E-state index in [1.165, 1.54) is 36.1 Å². The zero-order valence-corrected chi connectivity index (χ0v) is 10.3. The number of aliphatic imine (C=N–C) groups is 1. The van der Waals surface area contributed by atoms with Gasteiger partial charge in [-0.1, -0.05) is 34.1 Å². The third-order valence-electron chi connectivity index (χ3n) is 2.74. The quantitative estimate of drug-likeness (QED) is 0.642. The molecule has 1 aliphatic rings. The van der Waals surface area contributed by atoms with Crippen LogP contribution in [0.2, 0.25) is 0 Å². The Morgan fingerprint density at radius 3 is 2.43 bits per heavy atom. The van der Waals surface area contributed by atoms with Crippen molar-refractivity contribution in [1.82, 2.24) is 0 Å². The molecule has 1 heterocycles. The second-order valence-corrected chi connectivity index (χ2v) is 5.27. The summed E-state index contributed by atoms with van der Waals surface area (Å²) in [5.41, 5.74) is 4.64. The predicted molar refractivity (Wildman–Crippen MR) is 64.0 cm³/mol. The second kappa shape index (κ2) is 4.29. The molecular formula is C13H23N. The fourth-order valence-corrected chi connectivity index (χ4v) is 2.24. The Labute approximate surface area is 88.3 Å². The maximum absolute atomic E-state index is 4.64. The van der Waals surface area contributed by atoms with Crippen LogP contribution in [0.15, 0.2) is 16.1 Å². The maximum atomic E-state index is 4.64. The highest BCUT2D eigenvalue weighted by atomic mass is 14.8. The summed E-state index contributed by atoms with van der Waals surface area (Å²) in [6, 6.07) is 0. The van der Waals surface area contributed by atoms with Gasteiger partial charge in [0.25, 0.3) is 0 Å². The van der Waals surface area contributed by atoms with E-state index in [0.29, 0.717) is 0 Å². The Bertz CT molecular complexity index is 263. The molecule has 0 aromatic rings. The molecule has 80 valence electrons. The van der Waals surface area contributed by atoms with Gasteiger partial charge < -0.3 is 0 Å². The fourth-order valence-electron chi connectivity index (χ4n) is 2.24. The van der Waals surface area contributed by atoms with Crippen LogP contribution in [-0.2, 0) is 0 Å². The highest BCUT2D eigenvalue weighted by Crippen LogP contribution is 2.34. The van der Waals surface area contributed by atoms with Gasteiger partial charge in [-0.15, -0.1) is 0 Å². The number of hydrogen-bond acceptors (Lipinski definition) is 1. The summed E-state index contributed by atoms with van der Waals surface area (Å²) >= 11 is 0. The molecule has 0 N–H and O–H groups in total. The summed E-state index contributed by atoms with van der Waals surface area (Å²) in [7, 11) is 0. The summed E-state index contributed by atoms with van der Waals surface area (Å²) in [5, 5.41) is 0. The van der Waals surface area contributed by atoms with Gasteiger partial charge in [-0.05, 0) is 36.3 Å². The smallest absolute Gasteiger partial charge is 0.0606 e. The molecule has 1 aliphatic heterocycles. The lowest BCUT2D eigenvalue weighted by Crippen LogP contribution is -2.17. The molecule has 0 aromatic heterocycles. The van der Waals surface area contributed by atoms with Crippen LogP contribution in [0.1, 0.15) is 53.9 Å². The number of hydrogen-bond donors (Lipinski definition) is 0. The van der Waals surface area contributed by atoms with Crippen LogP contribution in [0.25, 0.3) is 0 Å². The average Bonchev–Trinajstić information content (AvgIpc) is 2.42. The second-order valence-electron chi connectivity index (χ2n) is 5.27. The van der Waals surface area contributed by atoms with E-state index in [9.17, 15) is 0 Å². The summed E-state index contributed by atoms with van der Waals surface area (Å²) in [6.07, 6.45) is 3.70. The van der Waals surface area contributed by atoms with E-state index in [1.54, 1.807) is 0 Å². The van der Waals surface area contributed by atoms with Crippen LogP contribution in [0.4, 0.5) is 0 Å². The van der Waals surface area contributed by atoms with Gasteiger partial charge in [0.05, 0.1) is 6.54 Å². The molecule has 0 bridgehead atoms. The minimum atomic E-state index is 0.271. The van der Waals surface area contributed by atoms with Crippen LogP contribution in [-0.4, -0.2) is 12.3 Å². The maximum Gasteiger partial charge on any atom is 0.0606 e. The van der Waals surface area contributed by atoms with E-state index in [-0.39, 0.29) is 5.41 Å². The Hall–Kier alpha value is -0.590. The molecule has 0 aromatic carbocycles. The molecule has 0 amide bonds. The minimum absolute atomic E-state index is 0.271. The van der Waals surface area contributed by atoms with E-state index >= 15 is 0 Å². The summed E-state index contributed by atoms with van der Waals surface area (Å²) in [4.78, 5) is 4.64. The van der Waals surface area contributed by atoms with Crippen LogP contribution in [0.5, 0.6) is 0 Å².